The van der Waals surface area contributed by atoms with Gasteiger partial charge in [0.2, 0.25) is 5.60 Å². The molecule has 1 N–H and O–H groups in total. The number of aryl methyl sites for hydroxylation is 2. The van der Waals surface area contributed by atoms with Crippen LogP contribution in [0.2, 0.25) is 5.02 Å². The number of rotatable bonds is 5. The van der Waals surface area contributed by atoms with Gasteiger partial charge in [-0.25, -0.2) is 4.39 Å². The number of amides is 1. The topological polar surface area (TPSA) is 74.7 Å². The Bertz CT molecular complexity index is 1030. The third-order valence-electron chi connectivity index (χ3n) is 5.88. The zero-order chi connectivity index (χ0) is 21.5. The molecule has 0 radical (unpaired) electrons. The largest absolute Gasteiger partial charge is 0.373 e. The maximum Gasteiger partial charge on any atom is 0.266 e. The highest BCUT2D eigenvalue weighted by Crippen LogP contribution is 2.32. The molecule has 1 heterocycles. The lowest BCUT2D eigenvalue weighted by Gasteiger charge is -2.23. The molecule has 1 aliphatic carbocycles. The van der Waals surface area contributed by atoms with Crippen LogP contribution in [-0.2, 0) is 33.6 Å². The quantitative estimate of drug-likeness (QED) is 0.740. The predicted octanol–water partition coefficient (Wildman–Crippen LogP) is 3.21. The highest BCUT2D eigenvalue weighted by molar-refractivity contribution is 6.30. The summed E-state index contributed by atoms with van der Waals surface area (Å²) in [5, 5.41) is 11.1. The summed E-state index contributed by atoms with van der Waals surface area (Å²) in [4.78, 5) is 38.7. The van der Waals surface area contributed by atoms with Gasteiger partial charge < -0.3 is 10.0 Å². The molecule has 1 fully saturated rings. The van der Waals surface area contributed by atoms with E-state index < -0.39 is 23.1 Å². The molecule has 30 heavy (non-hydrogen) atoms. The molecular formula is C23H21ClFNO4. The number of anilines is 1. The number of Topliss-reactive ketones (excluding diaryl/α,β-unsaturated/α-hetero) is 2. The zero-order valence-corrected chi connectivity index (χ0v) is 17.0. The van der Waals surface area contributed by atoms with Gasteiger partial charge in [-0.15, -0.1) is 0 Å². The van der Waals surface area contributed by atoms with Crippen LogP contribution in [0.25, 0.3) is 0 Å². The number of fused-ring (bicyclic) bond motifs is 1. The van der Waals surface area contributed by atoms with E-state index in [4.69, 9.17) is 11.6 Å². The second-order valence-corrected chi connectivity index (χ2v) is 8.37. The molecule has 0 bridgehead atoms. The second-order valence-electron chi connectivity index (χ2n) is 7.94. The van der Waals surface area contributed by atoms with Crippen molar-refractivity contribution >= 4 is 34.8 Å². The molecule has 0 saturated carbocycles. The summed E-state index contributed by atoms with van der Waals surface area (Å²) in [6, 6.07) is 9.46. The molecule has 0 aromatic heterocycles. The van der Waals surface area contributed by atoms with Gasteiger partial charge in [0.15, 0.2) is 5.78 Å². The van der Waals surface area contributed by atoms with Crippen LogP contribution in [0, 0.1) is 5.82 Å². The van der Waals surface area contributed by atoms with Gasteiger partial charge in [-0.05, 0) is 59.9 Å². The fraction of sp³-hybridized carbons (Fsp3) is 0.348. The van der Waals surface area contributed by atoms with Crippen LogP contribution in [0.3, 0.4) is 0 Å². The van der Waals surface area contributed by atoms with Crippen molar-refractivity contribution in [2.75, 3.05) is 11.4 Å². The standard InChI is InChI=1S/C23H21ClFNO4/c24-17-9-14(10-18(25)13-17)1-6-21(28)23(30)7-8-26(22(23)29)19-4-2-16-12-20(27)5-3-15(16)11-19/h2,4,9-11,13,30H,1,3,5-8,12H2. The summed E-state index contributed by atoms with van der Waals surface area (Å²) in [5.41, 5.74) is 1.05. The van der Waals surface area contributed by atoms with E-state index in [1.807, 2.05) is 12.1 Å². The van der Waals surface area contributed by atoms with E-state index in [9.17, 15) is 23.9 Å². The highest BCUT2D eigenvalue weighted by atomic mass is 35.5. The average molecular weight is 430 g/mol. The molecule has 7 heteroatoms. The van der Waals surface area contributed by atoms with Gasteiger partial charge in [0.25, 0.3) is 5.91 Å². The average Bonchev–Trinajstić information content (AvgIpc) is 3.01. The summed E-state index contributed by atoms with van der Waals surface area (Å²) in [6.45, 7) is 0.227. The Kier molecular flexibility index (Phi) is 5.47. The molecule has 5 nitrogen and oxygen atoms in total. The highest BCUT2D eigenvalue weighted by Gasteiger charge is 2.50. The molecule has 1 unspecified atom stereocenters. The van der Waals surface area contributed by atoms with E-state index in [2.05, 4.69) is 0 Å². The van der Waals surface area contributed by atoms with Gasteiger partial charge >= 0.3 is 0 Å². The van der Waals surface area contributed by atoms with Crippen molar-refractivity contribution < 1.29 is 23.9 Å². The second kappa shape index (κ2) is 7.93. The number of aliphatic hydroxyl groups is 1. The van der Waals surface area contributed by atoms with Crippen molar-refractivity contribution in [2.24, 2.45) is 0 Å². The maximum absolute atomic E-state index is 13.5. The van der Waals surface area contributed by atoms with E-state index in [1.54, 1.807) is 12.1 Å². The lowest BCUT2D eigenvalue weighted by molar-refractivity contribution is -0.147. The van der Waals surface area contributed by atoms with E-state index in [0.717, 1.165) is 11.1 Å². The van der Waals surface area contributed by atoms with Gasteiger partial charge in [-0.3, -0.25) is 14.4 Å². The maximum atomic E-state index is 13.5. The minimum absolute atomic E-state index is 0.00411. The summed E-state index contributed by atoms with van der Waals surface area (Å²) >= 11 is 5.83. The molecule has 2 aromatic carbocycles. The normalized spacial score (nSPS) is 21.1. The first-order valence-corrected chi connectivity index (χ1v) is 10.3. The number of benzene rings is 2. The smallest absolute Gasteiger partial charge is 0.266 e. The van der Waals surface area contributed by atoms with Gasteiger partial charge in [-0.2, -0.15) is 0 Å². The Balaban J connectivity index is 1.47. The van der Waals surface area contributed by atoms with E-state index >= 15 is 0 Å². The lowest BCUT2D eigenvalue weighted by Crippen LogP contribution is -2.47. The minimum Gasteiger partial charge on any atom is -0.373 e. The first-order valence-electron chi connectivity index (χ1n) is 9.92. The van der Waals surface area contributed by atoms with Crippen LogP contribution in [0.15, 0.2) is 36.4 Å². The number of carbonyl (C=O) groups is 3. The zero-order valence-electron chi connectivity index (χ0n) is 16.3. The van der Waals surface area contributed by atoms with Crippen LogP contribution in [0.4, 0.5) is 10.1 Å². The molecular weight excluding hydrogens is 409 g/mol. The number of nitrogens with zero attached hydrogens (tertiary/aromatic N) is 1. The van der Waals surface area contributed by atoms with Crippen LogP contribution in [0.5, 0.6) is 0 Å². The Hall–Kier alpha value is -2.57. The third-order valence-corrected chi connectivity index (χ3v) is 6.10. The first kappa shape index (κ1) is 20.7. The van der Waals surface area contributed by atoms with Crippen molar-refractivity contribution in [3.63, 3.8) is 0 Å². The fourth-order valence-corrected chi connectivity index (χ4v) is 4.44. The summed E-state index contributed by atoms with van der Waals surface area (Å²) in [7, 11) is 0. The minimum atomic E-state index is -2.08. The monoisotopic (exact) mass is 429 g/mol. The molecule has 1 saturated heterocycles. The molecule has 0 spiro atoms. The molecule has 2 aliphatic rings. The van der Waals surface area contributed by atoms with E-state index in [1.165, 1.54) is 17.0 Å². The van der Waals surface area contributed by atoms with Crippen molar-refractivity contribution in [1.29, 1.82) is 0 Å². The number of hydrogen-bond acceptors (Lipinski definition) is 4. The first-order chi connectivity index (χ1) is 14.3. The molecule has 1 aliphatic heterocycles. The lowest BCUT2D eigenvalue weighted by atomic mass is 9.90. The molecule has 1 amide bonds. The summed E-state index contributed by atoms with van der Waals surface area (Å²) in [5.74, 6) is -1.52. The van der Waals surface area contributed by atoms with Crippen LogP contribution in [-0.4, -0.2) is 34.7 Å². The molecule has 2 aromatic rings. The molecule has 1 atom stereocenters. The molecule has 4 rings (SSSR count). The van der Waals surface area contributed by atoms with Gasteiger partial charge in [0.05, 0.1) is 0 Å². The Labute approximate surface area is 178 Å². The SMILES string of the molecule is O=C1CCc2cc(N3CCC(O)(C(=O)CCc4cc(F)cc(Cl)c4)C3=O)ccc2C1. The fourth-order valence-electron chi connectivity index (χ4n) is 4.19. The number of carbonyl (C=O) groups excluding carboxylic acids is 3. The summed E-state index contributed by atoms with van der Waals surface area (Å²) < 4.78 is 13.5. The van der Waals surface area contributed by atoms with Crippen molar-refractivity contribution in [3.8, 4) is 0 Å². The Morgan fingerprint density at radius 2 is 1.93 bits per heavy atom. The van der Waals surface area contributed by atoms with Gasteiger partial charge in [0.1, 0.15) is 11.6 Å². The Morgan fingerprint density at radius 3 is 2.70 bits per heavy atom. The van der Waals surface area contributed by atoms with Gasteiger partial charge in [-0.1, -0.05) is 17.7 Å². The van der Waals surface area contributed by atoms with Crippen LogP contribution >= 0.6 is 11.6 Å². The van der Waals surface area contributed by atoms with Crippen molar-refractivity contribution in [2.45, 2.75) is 44.1 Å². The van der Waals surface area contributed by atoms with Crippen molar-refractivity contribution in [3.05, 3.63) is 63.9 Å². The van der Waals surface area contributed by atoms with Gasteiger partial charge in [0, 0.05) is 42.9 Å². The van der Waals surface area contributed by atoms with Crippen LogP contribution in [0.1, 0.15) is 36.0 Å². The number of hydrogen-bond donors (Lipinski definition) is 1. The van der Waals surface area contributed by atoms with E-state index in [-0.39, 0.29) is 36.6 Å². The Morgan fingerprint density at radius 1 is 1.13 bits per heavy atom. The third kappa shape index (κ3) is 3.89. The van der Waals surface area contributed by atoms with Crippen LogP contribution < -0.4 is 4.90 Å². The number of ketones is 2. The summed E-state index contributed by atoms with van der Waals surface area (Å²) in [6.07, 6.45) is 1.60. The van der Waals surface area contributed by atoms with E-state index in [0.29, 0.717) is 30.5 Å². The van der Waals surface area contributed by atoms with Crippen molar-refractivity contribution in [1.82, 2.24) is 0 Å². The molecule has 156 valence electrons. The number of halogens is 2. The predicted molar refractivity (Wildman–Crippen MR) is 110 cm³/mol.